The Hall–Kier alpha value is -2.04. The van der Waals surface area contributed by atoms with Gasteiger partial charge >= 0.3 is 6.03 Å². The van der Waals surface area contributed by atoms with E-state index in [0.717, 1.165) is 36.9 Å². The quantitative estimate of drug-likeness (QED) is 0.881. The molecule has 1 saturated carbocycles. The summed E-state index contributed by atoms with van der Waals surface area (Å²) in [5.41, 5.74) is 2.20. The van der Waals surface area contributed by atoms with Crippen LogP contribution in [0.4, 0.5) is 10.5 Å². The van der Waals surface area contributed by atoms with Crippen molar-refractivity contribution in [2.45, 2.75) is 51.1 Å². The van der Waals surface area contributed by atoms with E-state index in [1.54, 1.807) is 11.9 Å². The first-order valence-electron chi connectivity index (χ1n) is 7.95. The average molecular weight is 301 g/mol. The van der Waals surface area contributed by atoms with Crippen molar-refractivity contribution < 1.29 is 9.59 Å². The number of fused-ring (bicyclic) bond motifs is 1. The third-order valence-electron chi connectivity index (χ3n) is 4.77. The lowest BCUT2D eigenvalue weighted by Gasteiger charge is -2.34. The van der Waals surface area contributed by atoms with Crippen LogP contribution in [0.5, 0.6) is 0 Å². The van der Waals surface area contributed by atoms with Crippen molar-refractivity contribution in [3.63, 3.8) is 0 Å². The zero-order valence-corrected chi connectivity index (χ0v) is 13.2. The molecule has 0 unspecified atom stereocenters. The van der Waals surface area contributed by atoms with E-state index in [4.69, 9.17) is 0 Å². The fraction of sp³-hybridized carbons (Fsp3) is 0.529. The standard InChI is InChI=1S/C17H23N3O2/c1-17(9-4-3-5-10-17)19-16(22)18-14-8-6-7-12-13(14)11-20(2)15(12)21/h6-8H,3-5,9-11H2,1-2H3,(H2,18,19,22). The summed E-state index contributed by atoms with van der Waals surface area (Å²) in [6.07, 6.45) is 5.62. The van der Waals surface area contributed by atoms with Crippen LogP contribution in [0, 0.1) is 0 Å². The first-order valence-corrected chi connectivity index (χ1v) is 7.95. The number of nitrogens with zero attached hydrogens (tertiary/aromatic N) is 1. The van der Waals surface area contributed by atoms with Crippen LogP contribution in [-0.2, 0) is 6.54 Å². The molecule has 1 aliphatic carbocycles. The molecule has 118 valence electrons. The molecule has 5 heteroatoms. The summed E-state index contributed by atoms with van der Waals surface area (Å²) in [7, 11) is 1.77. The molecule has 2 aliphatic rings. The van der Waals surface area contributed by atoms with Gasteiger partial charge in [-0.2, -0.15) is 0 Å². The predicted molar refractivity (Wildman–Crippen MR) is 85.9 cm³/mol. The van der Waals surface area contributed by atoms with Crippen LogP contribution in [0.3, 0.4) is 0 Å². The van der Waals surface area contributed by atoms with Crippen LogP contribution in [0.25, 0.3) is 0 Å². The summed E-state index contributed by atoms with van der Waals surface area (Å²) in [5.74, 6) is 0.0123. The molecule has 0 bridgehead atoms. The number of urea groups is 1. The molecule has 1 aliphatic heterocycles. The third kappa shape index (κ3) is 2.80. The van der Waals surface area contributed by atoms with Gasteiger partial charge in [0.15, 0.2) is 0 Å². The summed E-state index contributed by atoms with van der Waals surface area (Å²) in [5, 5.41) is 6.04. The maximum atomic E-state index is 12.3. The smallest absolute Gasteiger partial charge is 0.319 e. The molecule has 1 fully saturated rings. The van der Waals surface area contributed by atoms with E-state index < -0.39 is 0 Å². The number of hydrogen-bond donors (Lipinski definition) is 2. The van der Waals surface area contributed by atoms with Gasteiger partial charge < -0.3 is 15.5 Å². The second-order valence-corrected chi connectivity index (χ2v) is 6.69. The van der Waals surface area contributed by atoms with Crippen molar-refractivity contribution >= 4 is 17.6 Å². The highest BCUT2D eigenvalue weighted by Gasteiger charge is 2.30. The van der Waals surface area contributed by atoms with Gasteiger partial charge in [0, 0.05) is 35.9 Å². The molecule has 0 atom stereocenters. The molecule has 2 N–H and O–H groups in total. The van der Waals surface area contributed by atoms with Gasteiger partial charge in [0.25, 0.3) is 5.91 Å². The number of benzene rings is 1. The van der Waals surface area contributed by atoms with E-state index in [-0.39, 0.29) is 17.5 Å². The number of carbonyl (C=O) groups is 2. The molecule has 5 nitrogen and oxygen atoms in total. The van der Waals surface area contributed by atoms with Crippen LogP contribution in [0.1, 0.15) is 54.9 Å². The molecule has 1 aromatic rings. The maximum Gasteiger partial charge on any atom is 0.319 e. The number of carbonyl (C=O) groups excluding carboxylic acids is 2. The molecule has 0 spiro atoms. The Balaban J connectivity index is 1.72. The first kappa shape index (κ1) is 14.9. The maximum absolute atomic E-state index is 12.3. The molecule has 0 aromatic heterocycles. The van der Waals surface area contributed by atoms with Gasteiger partial charge in [-0.15, -0.1) is 0 Å². The fourth-order valence-corrected chi connectivity index (χ4v) is 3.47. The van der Waals surface area contributed by atoms with Crippen LogP contribution < -0.4 is 10.6 Å². The Morgan fingerprint density at radius 3 is 2.68 bits per heavy atom. The fourth-order valence-electron chi connectivity index (χ4n) is 3.47. The van der Waals surface area contributed by atoms with Crippen molar-refractivity contribution in [3.8, 4) is 0 Å². The van der Waals surface area contributed by atoms with E-state index in [1.165, 1.54) is 6.42 Å². The molecule has 3 rings (SSSR count). The van der Waals surface area contributed by atoms with Gasteiger partial charge in [-0.05, 0) is 31.9 Å². The SMILES string of the molecule is CN1Cc2c(NC(=O)NC3(C)CCCCC3)cccc2C1=O. The molecule has 1 aromatic carbocycles. The molecule has 22 heavy (non-hydrogen) atoms. The van der Waals surface area contributed by atoms with Crippen LogP contribution in [-0.4, -0.2) is 29.4 Å². The number of amides is 3. The number of nitrogens with one attached hydrogen (secondary N) is 2. The minimum Gasteiger partial charge on any atom is -0.337 e. The highest BCUT2D eigenvalue weighted by molar-refractivity contribution is 6.01. The van der Waals surface area contributed by atoms with Gasteiger partial charge in [0.05, 0.1) is 0 Å². The van der Waals surface area contributed by atoms with Gasteiger partial charge in [-0.3, -0.25) is 4.79 Å². The summed E-state index contributed by atoms with van der Waals surface area (Å²) < 4.78 is 0. The van der Waals surface area contributed by atoms with Crippen molar-refractivity contribution in [2.75, 3.05) is 12.4 Å². The van der Waals surface area contributed by atoms with Crippen LogP contribution in [0.2, 0.25) is 0 Å². The Morgan fingerprint density at radius 2 is 1.95 bits per heavy atom. The zero-order valence-electron chi connectivity index (χ0n) is 13.2. The molecular formula is C17H23N3O2. The van der Waals surface area contributed by atoms with Crippen molar-refractivity contribution in [3.05, 3.63) is 29.3 Å². The van der Waals surface area contributed by atoms with Crippen molar-refractivity contribution in [1.82, 2.24) is 10.2 Å². The molecule has 3 amide bonds. The van der Waals surface area contributed by atoms with Gasteiger partial charge in [0.1, 0.15) is 0 Å². The van der Waals surface area contributed by atoms with E-state index in [1.807, 2.05) is 18.2 Å². The molecule has 1 heterocycles. The van der Waals surface area contributed by atoms with E-state index in [9.17, 15) is 9.59 Å². The van der Waals surface area contributed by atoms with Crippen LogP contribution in [0.15, 0.2) is 18.2 Å². The Morgan fingerprint density at radius 1 is 1.23 bits per heavy atom. The Bertz CT molecular complexity index is 606. The average Bonchev–Trinajstić information content (AvgIpc) is 2.76. The number of anilines is 1. The zero-order chi connectivity index (χ0) is 15.7. The summed E-state index contributed by atoms with van der Waals surface area (Å²) in [6.45, 7) is 2.65. The van der Waals surface area contributed by atoms with E-state index in [0.29, 0.717) is 12.1 Å². The molecular weight excluding hydrogens is 278 g/mol. The summed E-state index contributed by atoms with van der Waals surface area (Å²) >= 11 is 0. The minimum atomic E-state index is -0.181. The summed E-state index contributed by atoms with van der Waals surface area (Å²) in [4.78, 5) is 26.0. The van der Waals surface area contributed by atoms with Gasteiger partial charge in [0.2, 0.25) is 0 Å². The highest BCUT2D eigenvalue weighted by Crippen LogP contribution is 2.30. The van der Waals surface area contributed by atoms with E-state index >= 15 is 0 Å². The monoisotopic (exact) mass is 301 g/mol. The van der Waals surface area contributed by atoms with Gasteiger partial charge in [-0.25, -0.2) is 4.79 Å². The molecule has 0 radical (unpaired) electrons. The summed E-state index contributed by atoms with van der Waals surface area (Å²) in [6, 6.07) is 5.30. The topological polar surface area (TPSA) is 61.4 Å². The second kappa shape index (κ2) is 5.63. The lowest BCUT2D eigenvalue weighted by atomic mass is 9.83. The second-order valence-electron chi connectivity index (χ2n) is 6.69. The van der Waals surface area contributed by atoms with Crippen LogP contribution >= 0.6 is 0 Å². The number of rotatable bonds is 2. The lowest BCUT2D eigenvalue weighted by molar-refractivity contribution is 0.0816. The Labute approximate surface area is 131 Å². The van der Waals surface area contributed by atoms with Gasteiger partial charge in [-0.1, -0.05) is 25.3 Å². The molecule has 0 saturated heterocycles. The lowest BCUT2D eigenvalue weighted by Crippen LogP contribution is -2.49. The van der Waals surface area contributed by atoms with Crippen molar-refractivity contribution in [1.29, 1.82) is 0 Å². The Kier molecular flexibility index (Phi) is 3.81. The predicted octanol–water partition coefficient (Wildman–Crippen LogP) is 3.12. The van der Waals surface area contributed by atoms with E-state index in [2.05, 4.69) is 17.6 Å². The number of hydrogen-bond acceptors (Lipinski definition) is 2. The third-order valence-corrected chi connectivity index (χ3v) is 4.77. The largest absolute Gasteiger partial charge is 0.337 e. The van der Waals surface area contributed by atoms with Crippen molar-refractivity contribution in [2.24, 2.45) is 0 Å². The first-order chi connectivity index (χ1) is 10.5. The highest BCUT2D eigenvalue weighted by atomic mass is 16.2. The minimum absolute atomic E-state index is 0.0123. The normalized spacial score (nSPS) is 19.7.